The molecule has 0 aliphatic heterocycles. The maximum atomic E-state index is 13.5. The number of aromatic nitrogens is 3. The number of hydrogen-bond acceptors (Lipinski definition) is 6. The van der Waals surface area contributed by atoms with E-state index < -0.39 is 6.17 Å². The Hall–Kier alpha value is -5.12. The van der Waals surface area contributed by atoms with Crippen LogP contribution < -0.4 is 15.4 Å². The molecular formula is C34H31F2N5O3. The van der Waals surface area contributed by atoms with Gasteiger partial charge in [0.15, 0.2) is 11.4 Å². The molecular weight excluding hydrogens is 564 g/mol. The Morgan fingerprint density at radius 3 is 2.48 bits per heavy atom. The zero-order valence-electron chi connectivity index (χ0n) is 24.1. The van der Waals surface area contributed by atoms with E-state index in [1.165, 1.54) is 19.2 Å². The molecule has 3 aromatic carbocycles. The number of anilines is 3. The third-order valence-electron chi connectivity index (χ3n) is 7.83. The van der Waals surface area contributed by atoms with Gasteiger partial charge in [-0.15, -0.1) is 5.10 Å². The minimum atomic E-state index is -0.802. The van der Waals surface area contributed by atoms with Crippen molar-refractivity contribution in [2.75, 3.05) is 17.7 Å². The molecule has 2 unspecified atom stereocenters. The van der Waals surface area contributed by atoms with Crippen molar-refractivity contribution in [3.63, 3.8) is 0 Å². The Morgan fingerprint density at radius 2 is 1.75 bits per heavy atom. The number of ether oxygens (including phenoxy) is 1. The highest BCUT2D eigenvalue weighted by Crippen LogP contribution is 2.33. The van der Waals surface area contributed by atoms with Gasteiger partial charge in [0.1, 0.15) is 17.7 Å². The van der Waals surface area contributed by atoms with Crippen LogP contribution in [-0.4, -0.2) is 39.6 Å². The molecule has 2 N–H and O–H groups in total. The monoisotopic (exact) mass is 595 g/mol. The maximum absolute atomic E-state index is 13.5. The molecule has 0 radical (unpaired) electrons. The number of hydrogen-bond donors (Lipinski definition) is 2. The highest BCUT2D eigenvalue weighted by molar-refractivity contribution is 5.97. The largest absolute Gasteiger partial charge is 0.495 e. The fourth-order valence-electron chi connectivity index (χ4n) is 5.51. The SMILES string of the molecule is COc1cc(C(=O)CC2CCC(F)C2)ccc1Nc1nc2ccc(-c3ccc(NC(=O)Cc4ccc(F)cc4)cc3)cn2n1. The Morgan fingerprint density at radius 1 is 0.977 bits per heavy atom. The van der Waals surface area contributed by atoms with Crippen molar-refractivity contribution in [3.05, 3.63) is 102 Å². The van der Waals surface area contributed by atoms with Crippen LogP contribution in [0.25, 0.3) is 16.8 Å². The van der Waals surface area contributed by atoms with Gasteiger partial charge in [0.25, 0.3) is 0 Å². The van der Waals surface area contributed by atoms with Crippen LogP contribution in [0.2, 0.25) is 0 Å². The van der Waals surface area contributed by atoms with Crippen LogP contribution >= 0.6 is 0 Å². The molecule has 2 aromatic heterocycles. The number of amides is 1. The van der Waals surface area contributed by atoms with E-state index >= 15 is 0 Å². The van der Waals surface area contributed by atoms with Crippen LogP contribution in [0.15, 0.2) is 85.1 Å². The van der Waals surface area contributed by atoms with E-state index in [0.29, 0.717) is 53.5 Å². The number of rotatable bonds is 10. The van der Waals surface area contributed by atoms with Crippen LogP contribution in [0.4, 0.5) is 26.1 Å². The van der Waals surface area contributed by atoms with E-state index in [4.69, 9.17) is 4.74 Å². The highest BCUT2D eigenvalue weighted by atomic mass is 19.1. The number of pyridine rings is 1. The fraction of sp³-hybridized carbons (Fsp3) is 0.235. The molecule has 6 rings (SSSR count). The van der Waals surface area contributed by atoms with Crippen LogP contribution in [-0.2, 0) is 11.2 Å². The van der Waals surface area contributed by atoms with Gasteiger partial charge in [-0.1, -0.05) is 24.3 Å². The molecule has 1 aliphatic rings. The molecule has 5 aromatic rings. The van der Waals surface area contributed by atoms with Gasteiger partial charge >= 0.3 is 0 Å². The van der Waals surface area contributed by atoms with E-state index in [1.54, 1.807) is 34.8 Å². The van der Waals surface area contributed by atoms with E-state index in [9.17, 15) is 18.4 Å². The van der Waals surface area contributed by atoms with E-state index in [0.717, 1.165) is 23.1 Å². The molecule has 8 nitrogen and oxygen atoms in total. The Bertz CT molecular complexity index is 1800. The number of ketones is 1. The zero-order chi connectivity index (χ0) is 30.6. The predicted molar refractivity (Wildman–Crippen MR) is 165 cm³/mol. The summed E-state index contributed by atoms with van der Waals surface area (Å²) in [4.78, 5) is 29.7. The number of Topliss-reactive ketones (excluding diaryl/α,β-unsaturated/α-hetero) is 1. The van der Waals surface area contributed by atoms with Gasteiger partial charge in [0.2, 0.25) is 11.9 Å². The first kappa shape index (κ1) is 29.0. The molecule has 224 valence electrons. The number of nitrogens with one attached hydrogen (secondary N) is 2. The molecule has 1 saturated carbocycles. The number of methoxy groups -OCH3 is 1. The van der Waals surface area contributed by atoms with E-state index in [2.05, 4.69) is 20.7 Å². The molecule has 0 saturated heterocycles. The van der Waals surface area contributed by atoms with E-state index in [-0.39, 0.29) is 29.8 Å². The molecule has 10 heteroatoms. The first-order valence-corrected chi connectivity index (χ1v) is 14.5. The van der Waals surface area contributed by atoms with Gasteiger partial charge in [-0.3, -0.25) is 9.59 Å². The number of nitrogens with zero attached hydrogens (tertiary/aromatic N) is 3. The first-order chi connectivity index (χ1) is 21.3. The average Bonchev–Trinajstić information content (AvgIpc) is 3.63. The van der Waals surface area contributed by atoms with Crippen LogP contribution in [0.3, 0.4) is 0 Å². The summed E-state index contributed by atoms with van der Waals surface area (Å²) in [7, 11) is 1.53. The topological polar surface area (TPSA) is 97.6 Å². The standard InChI is InChI=1S/C34H31F2N5O3/c1-44-31-19-24(30(42)17-22-4-11-27(36)16-22)7-14-29(31)38-34-39-32-15-8-25(20-41(32)40-34)23-5-12-28(13-6-23)37-33(43)18-21-2-9-26(35)10-3-21/h2-3,5-10,12-15,19-20,22,27H,4,11,16-18H2,1H3,(H,37,43)(H,38,40). The second-order valence-electron chi connectivity index (χ2n) is 11.0. The molecule has 2 heterocycles. The lowest BCUT2D eigenvalue weighted by molar-refractivity contribution is -0.115. The van der Waals surface area contributed by atoms with Crippen LogP contribution in [0.5, 0.6) is 5.75 Å². The molecule has 0 bridgehead atoms. The molecule has 0 spiro atoms. The van der Waals surface area contributed by atoms with Crippen LogP contribution in [0.1, 0.15) is 41.6 Å². The molecule has 1 aliphatic carbocycles. The summed E-state index contributed by atoms with van der Waals surface area (Å²) in [5, 5.41) is 10.6. The second-order valence-corrected chi connectivity index (χ2v) is 11.0. The summed E-state index contributed by atoms with van der Waals surface area (Å²) >= 11 is 0. The summed E-state index contributed by atoms with van der Waals surface area (Å²) in [6, 6.07) is 22.3. The van der Waals surface area contributed by atoms with Crippen molar-refractivity contribution >= 4 is 34.7 Å². The first-order valence-electron chi connectivity index (χ1n) is 14.5. The fourth-order valence-corrected chi connectivity index (χ4v) is 5.51. The van der Waals surface area contributed by atoms with Crippen molar-refractivity contribution in [1.82, 2.24) is 14.6 Å². The molecule has 1 fully saturated rings. The van der Waals surface area contributed by atoms with Gasteiger partial charge in [0, 0.05) is 29.4 Å². The van der Waals surface area contributed by atoms with Gasteiger partial charge in [-0.25, -0.2) is 13.3 Å². The summed E-state index contributed by atoms with van der Waals surface area (Å²) in [6.07, 6.45) is 3.27. The molecule has 2 atom stereocenters. The lowest BCUT2D eigenvalue weighted by atomic mass is 9.96. The maximum Gasteiger partial charge on any atom is 0.247 e. The van der Waals surface area contributed by atoms with Crippen molar-refractivity contribution in [1.29, 1.82) is 0 Å². The summed E-state index contributed by atoms with van der Waals surface area (Å²) in [5.74, 6) is 0.384. The average molecular weight is 596 g/mol. The molecule has 44 heavy (non-hydrogen) atoms. The van der Waals surface area contributed by atoms with Gasteiger partial charge < -0.3 is 15.4 Å². The van der Waals surface area contributed by atoms with Crippen LogP contribution in [0, 0.1) is 11.7 Å². The van der Waals surface area contributed by atoms with Crippen molar-refractivity contribution < 1.29 is 23.1 Å². The van der Waals surface area contributed by atoms with Crippen molar-refractivity contribution in [2.45, 2.75) is 38.3 Å². The summed E-state index contributed by atoms with van der Waals surface area (Å²) in [5.41, 5.74) is 4.99. The Labute approximate surface area is 253 Å². The van der Waals surface area contributed by atoms with Gasteiger partial charge in [-0.05, 0) is 90.9 Å². The lowest BCUT2D eigenvalue weighted by Crippen LogP contribution is -2.14. The zero-order valence-corrected chi connectivity index (χ0v) is 24.1. The number of halogens is 2. The number of carbonyl (C=O) groups is 2. The number of alkyl halides is 1. The normalized spacial score (nSPS) is 16.2. The number of benzene rings is 3. The van der Waals surface area contributed by atoms with Crippen molar-refractivity contribution in [2.24, 2.45) is 5.92 Å². The summed E-state index contributed by atoms with van der Waals surface area (Å²) < 4.78 is 33.8. The lowest BCUT2D eigenvalue weighted by Gasteiger charge is -2.12. The molecule has 1 amide bonds. The minimum absolute atomic E-state index is 0.0206. The van der Waals surface area contributed by atoms with E-state index in [1.807, 2.05) is 42.6 Å². The van der Waals surface area contributed by atoms with Gasteiger partial charge in [-0.2, -0.15) is 4.98 Å². The Balaban J connectivity index is 1.11. The predicted octanol–water partition coefficient (Wildman–Crippen LogP) is 7.18. The summed E-state index contributed by atoms with van der Waals surface area (Å²) in [6.45, 7) is 0. The minimum Gasteiger partial charge on any atom is -0.495 e. The number of fused-ring (bicyclic) bond motifs is 1. The van der Waals surface area contributed by atoms with Crippen molar-refractivity contribution in [3.8, 4) is 16.9 Å². The third-order valence-corrected chi connectivity index (χ3v) is 7.83. The Kier molecular flexibility index (Phi) is 8.31. The van der Waals surface area contributed by atoms with Gasteiger partial charge in [0.05, 0.1) is 19.2 Å². The third kappa shape index (κ3) is 6.75. The quantitative estimate of drug-likeness (QED) is 0.166. The smallest absolute Gasteiger partial charge is 0.247 e. The second kappa shape index (κ2) is 12.6. The number of carbonyl (C=O) groups excluding carboxylic acids is 2. The highest BCUT2D eigenvalue weighted by Gasteiger charge is 2.26.